The summed E-state index contributed by atoms with van der Waals surface area (Å²) in [6, 6.07) is 7.91. The predicted molar refractivity (Wildman–Crippen MR) is 77.2 cm³/mol. The molecule has 0 atom stereocenters. The van der Waals surface area contributed by atoms with E-state index in [4.69, 9.17) is 11.6 Å². The van der Waals surface area contributed by atoms with Gasteiger partial charge in [-0.25, -0.2) is 0 Å². The Hall–Kier alpha value is -1.28. The summed E-state index contributed by atoms with van der Waals surface area (Å²) in [5.74, 6) is 0.944. The summed E-state index contributed by atoms with van der Waals surface area (Å²) in [5.41, 5.74) is 2.12. The van der Waals surface area contributed by atoms with Crippen LogP contribution in [0.4, 0.5) is 5.69 Å². The smallest absolute Gasteiger partial charge is 0.0737 e. The number of benzene rings is 1. The fourth-order valence-corrected chi connectivity index (χ4v) is 2.63. The van der Waals surface area contributed by atoms with Gasteiger partial charge in [0.2, 0.25) is 0 Å². The zero-order valence-electron chi connectivity index (χ0n) is 10.3. The monoisotopic (exact) mass is 260 g/mol. The molecule has 0 aliphatic heterocycles. The second kappa shape index (κ2) is 5.15. The fraction of sp³-hybridized carbons (Fsp3) is 0.400. The van der Waals surface area contributed by atoms with Gasteiger partial charge in [-0.05, 0) is 36.6 Å². The molecule has 1 aromatic heterocycles. The standard InChI is InChI=1S/C15H17ClN2/c16-12-4-5-13-14(7-9-18-15(13)10-12)17-8-6-11-2-1-3-11/h4-5,7,9-11H,1-3,6,8H2,(H,17,18). The van der Waals surface area contributed by atoms with E-state index in [1.807, 2.05) is 30.5 Å². The number of anilines is 1. The number of aromatic nitrogens is 1. The van der Waals surface area contributed by atoms with Crippen LogP contribution in [-0.4, -0.2) is 11.5 Å². The van der Waals surface area contributed by atoms with E-state index >= 15 is 0 Å². The molecule has 0 bridgehead atoms. The maximum absolute atomic E-state index is 5.98. The van der Waals surface area contributed by atoms with Crippen LogP contribution in [-0.2, 0) is 0 Å². The molecule has 0 spiro atoms. The molecular formula is C15H17ClN2. The van der Waals surface area contributed by atoms with E-state index in [1.54, 1.807) is 0 Å². The van der Waals surface area contributed by atoms with Crippen molar-refractivity contribution in [3.8, 4) is 0 Å². The quantitative estimate of drug-likeness (QED) is 0.876. The summed E-state index contributed by atoms with van der Waals surface area (Å²) >= 11 is 5.98. The first-order chi connectivity index (χ1) is 8.83. The Balaban J connectivity index is 1.74. The highest BCUT2D eigenvalue weighted by atomic mass is 35.5. The average Bonchev–Trinajstić information content (AvgIpc) is 2.32. The Morgan fingerprint density at radius 2 is 2.17 bits per heavy atom. The van der Waals surface area contributed by atoms with Gasteiger partial charge in [0.15, 0.2) is 0 Å². The topological polar surface area (TPSA) is 24.9 Å². The van der Waals surface area contributed by atoms with Crippen LogP contribution in [0.5, 0.6) is 0 Å². The van der Waals surface area contributed by atoms with Gasteiger partial charge in [-0.3, -0.25) is 4.98 Å². The van der Waals surface area contributed by atoms with Gasteiger partial charge in [0.1, 0.15) is 0 Å². The number of hydrogen-bond donors (Lipinski definition) is 1. The van der Waals surface area contributed by atoms with Crippen molar-refractivity contribution in [2.45, 2.75) is 25.7 Å². The molecule has 1 N–H and O–H groups in total. The minimum absolute atomic E-state index is 0.738. The SMILES string of the molecule is Clc1ccc2c(NCCC3CCC3)ccnc2c1. The van der Waals surface area contributed by atoms with Crippen LogP contribution in [0, 0.1) is 5.92 Å². The Kier molecular flexibility index (Phi) is 3.37. The lowest BCUT2D eigenvalue weighted by Crippen LogP contribution is -2.15. The highest BCUT2D eigenvalue weighted by Crippen LogP contribution is 2.30. The van der Waals surface area contributed by atoms with Crippen molar-refractivity contribution in [3.05, 3.63) is 35.5 Å². The van der Waals surface area contributed by atoms with E-state index in [9.17, 15) is 0 Å². The summed E-state index contributed by atoms with van der Waals surface area (Å²) in [6.07, 6.45) is 7.35. The summed E-state index contributed by atoms with van der Waals surface area (Å²) in [5, 5.41) is 5.41. The average molecular weight is 261 g/mol. The van der Waals surface area contributed by atoms with Crippen molar-refractivity contribution in [1.82, 2.24) is 4.98 Å². The lowest BCUT2D eigenvalue weighted by Gasteiger charge is -2.25. The molecule has 1 aliphatic carbocycles. The van der Waals surface area contributed by atoms with E-state index in [-0.39, 0.29) is 0 Å². The van der Waals surface area contributed by atoms with Gasteiger partial charge in [0.05, 0.1) is 5.52 Å². The summed E-state index contributed by atoms with van der Waals surface area (Å²) in [7, 11) is 0. The molecule has 3 heteroatoms. The van der Waals surface area contributed by atoms with Crippen molar-refractivity contribution in [1.29, 1.82) is 0 Å². The van der Waals surface area contributed by atoms with Gasteiger partial charge in [0, 0.05) is 28.8 Å². The van der Waals surface area contributed by atoms with Crippen LogP contribution in [0.25, 0.3) is 10.9 Å². The lowest BCUT2D eigenvalue weighted by molar-refractivity contribution is 0.303. The van der Waals surface area contributed by atoms with Crippen LogP contribution in [0.15, 0.2) is 30.5 Å². The molecule has 1 aromatic carbocycles. The molecule has 0 radical (unpaired) electrons. The molecule has 2 nitrogen and oxygen atoms in total. The first-order valence-corrected chi connectivity index (χ1v) is 6.99. The Morgan fingerprint density at radius 1 is 1.28 bits per heavy atom. The second-order valence-corrected chi connectivity index (χ2v) is 5.47. The van der Waals surface area contributed by atoms with Crippen molar-refractivity contribution in [3.63, 3.8) is 0 Å². The van der Waals surface area contributed by atoms with Gasteiger partial charge in [0.25, 0.3) is 0 Å². The minimum atomic E-state index is 0.738. The molecule has 1 fully saturated rings. The second-order valence-electron chi connectivity index (χ2n) is 5.03. The maximum atomic E-state index is 5.98. The predicted octanol–water partition coefficient (Wildman–Crippen LogP) is 4.49. The molecule has 2 aromatic rings. The van der Waals surface area contributed by atoms with Gasteiger partial charge >= 0.3 is 0 Å². The van der Waals surface area contributed by atoms with E-state index in [0.29, 0.717) is 0 Å². The largest absolute Gasteiger partial charge is 0.384 e. The molecule has 1 aliphatic rings. The number of halogens is 1. The number of fused-ring (bicyclic) bond motifs is 1. The zero-order valence-corrected chi connectivity index (χ0v) is 11.1. The number of nitrogens with zero attached hydrogens (tertiary/aromatic N) is 1. The Bertz CT molecular complexity index is 549. The molecule has 1 saturated carbocycles. The van der Waals surface area contributed by atoms with Gasteiger partial charge < -0.3 is 5.32 Å². The summed E-state index contributed by atoms with van der Waals surface area (Å²) in [6.45, 7) is 1.05. The van der Waals surface area contributed by atoms with E-state index in [0.717, 1.165) is 34.1 Å². The number of hydrogen-bond acceptors (Lipinski definition) is 2. The van der Waals surface area contributed by atoms with E-state index in [2.05, 4.69) is 10.3 Å². The summed E-state index contributed by atoms with van der Waals surface area (Å²) < 4.78 is 0. The van der Waals surface area contributed by atoms with Crippen molar-refractivity contribution >= 4 is 28.2 Å². The third-order valence-corrected chi connectivity index (χ3v) is 4.03. The maximum Gasteiger partial charge on any atom is 0.0737 e. The van der Waals surface area contributed by atoms with Crippen LogP contribution >= 0.6 is 11.6 Å². The van der Waals surface area contributed by atoms with Crippen LogP contribution in [0.3, 0.4) is 0 Å². The van der Waals surface area contributed by atoms with E-state index < -0.39 is 0 Å². The van der Waals surface area contributed by atoms with Crippen LogP contribution in [0.1, 0.15) is 25.7 Å². The molecule has 18 heavy (non-hydrogen) atoms. The molecule has 0 amide bonds. The molecule has 1 heterocycles. The minimum Gasteiger partial charge on any atom is -0.384 e. The van der Waals surface area contributed by atoms with Crippen LogP contribution < -0.4 is 5.32 Å². The van der Waals surface area contributed by atoms with Gasteiger partial charge in [-0.2, -0.15) is 0 Å². The Labute approximate surface area is 112 Å². The molecular weight excluding hydrogens is 244 g/mol. The molecule has 94 valence electrons. The molecule has 0 saturated heterocycles. The summed E-state index contributed by atoms with van der Waals surface area (Å²) in [4.78, 5) is 4.35. The molecule has 0 unspecified atom stereocenters. The zero-order chi connectivity index (χ0) is 12.4. The lowest BCUT2D eigenvalue weighted by atomic mass is 9.83. The number of pyridine rings is 1. The first kappa shape index (κ1) is 11.8. The van der Waals surface area contributed by atoms with Crippen molar-refractivity contribution in [2.24, 2.45) is 5.92 Å². The highest BCUT2D eigenvalue weighted by molar-refractivity contribution is 6.31. The third-order valence-electron chi connectivity index (χ3n) is 3.80. The number of nitrogens with one attached hydrogen (secondary N) is 1. The Morgan fingerprint density at radius 3 is 2.94 bits per heavy atom. The normalized spacial score (nSPS) is 15.6. The van der Waals surface area contributed by atoms with Crippen molar-refractivity contribution in [2.75, 3.05) is 11.9 Å². The first-order valence-electron chi connectivity index (χ1n) is 6.61. The van der Waals surface area contributed by atoms with Gasteiger partial charge in [-0.1, -0.05) is 30.9 Å². The third kappa shape index (κ3) is 2.44. The van der Waals surface area contributed by atoms with Gasteiger partial charge in [-0.15, -0.1) is 0 Å². The molecule has 3 rings (SSSR count). The van der Waals surface area contributed by atoms with Crippen LogP contribution in [0.2, 0.25) is 5.02 Å². The highest BCUT2D eigenvalue weighted by Gasteiger charge is 2.16. The van der Waals surface area contributed by atoms with E-state index in [1.165, 1.54) is 25.7 Å². The fourth-order valence-electron chi connectivity index (χ4n) is 2.47. The number of rotatable bonds is 4. The van der Waals surface area contributed by atoms with Crippen molar-refractivity contribution < 1.29 is 0 Å².